The predicted octanol–water partition coefficient (Wildman–Crippen LogP) is 4.12. The fraction of sp³-hybridized carbons (Fsp3) is 0.636. The Morgan fingerprint density at radius 2 is 1.89 bits per heavy atom. The number of rotatable bonds is 6. The van der Waals surface area contributed by atoms with Crippen LogP contribution in [0.3, 0.4) is 0 Å². The summed E-state index contributed by atoms with van der Waals surface area (Å²) >= 11 is 2.12. The van der Waals surface area contributed by atoms with Crippen molar-refractivity contribution in [2.24, 2.45) is 23.2 Å². The van der Waals surface area contributed by atoms with Crippen LogP contribution in [-0.2, 0) is 24.4 Å². The summed E-state index contributed by atoms with van der Waals surface area (Å²) in [6.45, 7) is -0.769. The minimum atomic E-state index is -5.94. The molecule has 3 atom stereocenters. The normalized spacial score (nSPS) is 34.2. The van der Waals surface area contributed by atoms with E-state index in [-0.39, 0.29) is 17.8 Å². The average Bonchev–Trinajstić information content (AvgIpc) is 2.75. The van der Waals surface area contributed by atoms with Crippen molar-refractivity contribution in [3.05, 3.63) is 27.3 Å². The Morgan fingerprint density at radius 1 is 1.23 bits per heavy atom. The second-order valence-electron chi connectivity index (χ2n) is 9.91. The van der Waals surface area contributed by atoms with Crippen LogP contribution in [0.25, 0.3) is 0 Å². The standard InChI is InChI=1S/C22H22F3IO8S/c23-17(22(24,25)35(29,30)31)3-4-32-19(28)20-8-11-5-12(9-20)21(13(6-11)10-20)33-16-7-14(26)1-2-15(16)18(27)34-21/h1-2,7,11-13,17H,3-6,8-10H2,(H,29,30,31). The number of carbonyl (C=O) groups excluding carboxylic acids is 2. The lowest BCUT2D eigenvalue weighted by molar-refractivity contribution is -0.294. The molecule has 192 valence electrons. The first-order valence-corrected chi connectivity index (χ1v) is 13.7. The van der Waals surface area contributed by atoms with Crippen molar-refractivity contribution in [3.8, 4) is 5.75 Å². The van der Waals surface area contributed by atoms with Gasteiger partial charge in [-0.15, -0.1) is 0 Å². The van der Waals surface area contributed by atoms with E-state index in [1.807, 2.05) is 0 Å². The summed E-state index contributed by atoms with van der Waals surface area (Å²) in [5.41, 5.74) is -0.609. The third-order valence-electron chi connectivity index (χ3n) is 7.76. The van der Waals surface area contributed by atoms with Gasteiger partial charge in [0.25, 0.3) is 5.79 Å². The molecule has 1 N–H and O–H groups in total. The molecule has 4 fully saturated rings. The summed E-state index contributed by atoms with van der Waals surface area (Å²) in [6, 6.07) is 5.19. The van der Waals surface area contributed by atoms with Crippen LogP contribution in [0.1, 0.15) is 48.9 Å². The van der Waals surface area contributed by atoms with Crippen molar-refractivity contribution in [1.82, 2.24) is 0 Å². The second-order valence-corrected chi connectivity index (χ2v) is 12.6. The van der Waals surface area contributed by atoms with Gasteiger partial charge >= 0.3 is 27.3 Å². The quantitative estimate of drug-likeness (QED) is 0.284. The van der Waals surface area contributed by atoms with Crippen molar-refractivity contribution in [1.29, 1.82) is 0 Å². The molecule has 4 bridgehead atoms. The van der Waals surface area contributed by atoms with Crippen LogP contribution < -0.4 is 4.74 Å². The third-order valence-corrected chi connectivity index (χ3v) is 9.37. The SMILES string of the molecule is O=C1OC2(Oc3cc(I)ccc31)C1CC3CC2CC(C(=O)OCCC(F)C(F)(F)S(=O)(=O)O)(C3)C1. The third kappa shape index (κ3) is 3.92. The van der Waals surface area contributed by atoms with Crippen LogP contribution in [0, 0.1) is 26.7 Å². The van der Waals surface area contributed by atoms with E-state index >= 15 is 0 Å². The Kier molecular flexibility index (Phi) is 5.87. The summed E-state index contributed by atoms with van der Waals surface area (Å²) in [5, 5.41) is -5.00. The van der Waals surface area contributed by atoms with E-state index in [4.69, 9.17) is 18.8 Å². The molecule has 1 heterocycles. The van der Waals surface area contributed by atoms with Crippen LogP contribution in [-0.4, -0.2) is 48.7 Å². The number of benzene rings is 1. The highest BCUT2D eigenvalue weighted by atomic mass is 127. The van der Waals surface area contributed by atoms with E-state index in [1.165, 1.54) is 0 Å². The molecule has 13 heteroatoms. The largest absolute Gasteiger partial charge is 0.465 e. The first kappa shape index (κ1) is 25.1. The molecule has 1 aromatic carbocycles. The highest BCUT2D eigenvalue weighted by Gasteiger charge is 2.69. The number of hydrogen-bond acceptors (Lipinski definition) is 7. The van der Waals surface area contributed by atoms with Gasteiger partial charge in [0.15, 0.2) is 6.17 Å². The molecule has 0 saturated heterocycles. The van der Waals surface area contributed by atoms with Gasteiger partial charge in [0.1, 0.15) is 11.3 Å². The molecular weight excluding hydrogens is 608 g/mol. The van der Waals surface area contributed by atoms with Crippen LogP contribution in [0.4, 0.5) is 13.2 Å². The van der Waals surface area contributed by atoms with Gasteiger partial charge in [0.2, 0.25) is 0 Å². The summed E-state index contributed by atoms with van der Waals surface area (Å²) in [5.74, 6) is -2.33. The predicted molar refractivity (Wildman–Crippen MR) is 121 cm³/mol. The zero-order valence-corrected chi connectivity index (χ0v) is 21.2. The Balaban J connectivity index is 1.30. The summed E-state index contributed by atoms with van der Waals surface area (Å²) in [4.78, 5) is 25.9. The zero-order valence-electron chi connectivity index (χ0n) is 18.2. The molecule has 0 amide bonds. The van der Waals surface area contributed by atoms with Gasteiger partial charge in [-0.25, -0.2) is 9.18 Å². The minimum absolute atomic E-state index is 0.156. The van der Waals surface area contributed by atoms with E-state index in [0.29, 0.717) is 43.4 Å². The fourth-order valence-corrected chi connectivity index (χ4v) is 7.29. The highest BCUT2D eigenvalue weighted by Crippen LogP contribution is 2.66. The fourth-order valence-electron chi connectivity index (χ4n) is 6.39. The summed E-state index contributed by atoms with van der Waals surface area (Å²) in [6.07, 6.45) is -1.85. The Hall–Kier alpha value is -1.61. The highest BCUT2D eigenvalue weighted by molar-refractivity contribution is 14.1. The molecule has 1 spiro atoms. The van der Waals surface area contributed by atoms with Crippen molar-refractivity contribution >= 4 is 44.6 Å². The van der Waals surface area contributed by atoms with Crippen LogP contribution in [0.5, 0.6) is 5.75 Å². The van der Waals surface area contributed by atoms with E-state index in [9.17, 15) is 31.2 Å². The first-order valence-electron chi connectivity index (χ1n) is 11.2. The topological polar surface area (TPSA) is 116 Å². The number of hydrogen-bond donors (Lipinski definition) is 1. The maximum Gasteiger partial charge on any atom is 0.400 e. The summed E-state index contributed by atoms with van der Waals surface area (Å²) in [7, 11) is -5.94. The molecule has 1 aromatic rings. The molecule has 6 rings (SSSR count). The first-order chi connectivity index (χ1) is 16.3. The number of esters is 2. The lowest BCUT2D eigenvalue weighted by Gasteiger charge is -2.62. The monoisotopic (exact) mass is 630 g/mol. The molecule has 3 unspecified atom stereocenters. The van der Waals surface area contributed by atoms with E-state index in [1.54, 1.807) is 18.2 Å². The lowest BCUT2D eigenvalue weighted by atomic mass is 9.47. The molecule has 0 aromatic heterocycles. The van der Waals surface area contributed by atoms with E-state index in [0.717, 1.165) is 3.57 Å². The molecule has 4 aliphatic carbocycles. The van der Waals surface area contributed by atoms with Crippen LogP contribution in [0.2, 0.25) is 0 Å². The molecule has 35 heavy (non-hydrogen) atoms. The van der Waals surface area contributed by atoms with Crippen molar-refractivity contribution in [2.45, 2.75) is 55.7 Å². The van der Waals surface area contributed by atoms with Crippen molar-refractivity contribution in [2.75, 3.05) is 6.61 Å². The summed E-state index contributed by atoms with van der Waals surface area (Å²) < 4.78 is 88.8. The lowest BCUT2D eigenvalue weighted by Crippen LogP contribution is -2.67. The number of alkyl halides is 3. The van der Waals surface area contributed by atoms with Crippen LogP contribution >= 0.6 is 22.6 Å². The van der Waals surface area contributed by atoms with Crippen molar-refractivity contribution in [3.63, 3.8) is 0 Å². The molecule has 0 radical (unpaired) electrons. The maximum atomic E-state index is 13.8. The zero-order chi connectivity index (χ0) is 25.4. The molecule has 5 aliphatic rings. The smallest absolute Gasteiger partial charge is 0.400 e. The molecule has 4 saturated carbocycles. The van der Waals surface area contributed by atoms with Crippen molar-refractivity contribution < 1.29 is 49.9 Å². The van der Waals surface area contributed by atoms with Gasteiger partial charge in [0.05, 0.1) is 12.0 Å². The van der Waals surface area contributed by atoms with Gasteiger partial charge in [-0.05, 0) is 78.8 Å². The van der Waals surface area contributed by atoms with Gasteiger partial charge in [0, 0.05) is 21.8 Å². The number of carbonyl (C=O) groups is 2. The average molecular weight is 630 g/mol. The molecule has 1 aliphatic heterocycles. The van der Waals surface area contributed by atoms with Gasteiger partial charge < -0.3 is 14.2 Å². The molecule has 8 nitrogen and oxygen atoms in total. The van der Waals surface area contributed by atoms with Gasteiger partial charge in [-0.2, -0.15) is 17.2 Å². The Morgan fingerprint density at radius 3 is 2.51 bits per heavy atom. The van der Waals surface area contributed by atoms with Gasteiger partial charge in [-0.1, -0.05) is 0 Å². The van der Waals surface area contributed by atoms with Crippen LogP contribution in [0.15, 0.2) is 18.2 Å². The Labute approximate surface area is 212 Å². The van der Waals surface area contributed by atoms with E-state index < -0.39 is 57.7 Å². The Bertz CT molecular complexity index is 1170. The molecular formula is C22H22F3IO8S. The van der Waals surface area contributed by atoms with E-state index in [2.05, 4.69) is 22.6 Å². The van der Waals surface area contributed by atoms with Gasteiger partial charge in [-0.3, -0.25) is 9.35 Å². The number of halogens is 4. The minimum Gasteiger partial charge on any atom is -0.465 e. The number of fused-ring (bicyclic) bond motifs is 1. The maximum absolute atomic E-state index is 13.8. The second kappa shape index (κ2) is 8.20. The number of ether oxygens (including phenoxy) is 3.